The van der Waals surface area contributed by atoms with Crippen molar-refractivity contribution in [2.45, 2.75) is 39.8 Å². The highest BCUT2D eigenvalue weighted by Gasteiger charge is 2.04. The van der Waals surface area contributed by atoms with Crippen LogP contribution in [0.25, 0.3) is 0 Å². The van der Waals surface area contributed by atoms with Crippen molar-refractivity contribution in [3.63, 3.8) is 0 Å². The Morgan fingerprint density at radius 3 is 3.00 bits per heavy atom. The molecule has 0 bridgehead atoms. The lowest BCUT2D eigenvalue weighted by Crippen LogP contribution is -2.26. The summed E-state index contributed by atoms with van der Waals surface area (Å²) in [6.07, 6.45) is 2.98. The summed E-state index contributed by atoms with van der Waals surface area (Å²) in [6, 6.07) is 0.570. The minimum absolute atomic E-state index is 0.570. The molecule has 0 amide bonds. The Labute approximate surface area is 96.5 Å². The van der Waals surface area contributed by atoms with Crippen LogP contribution in [0, 0.1) is 6.92 Å². The second-order valence-electron chi connectivity index (χ2n) is 3.74. The summed E-state index contributed by atoms with van der Waals surface area (Å²) >= 11 is 2.00. The van der Waals surface area contributed by atoms with Crippen LogP contribution in [0.2, 0.25) is 0 Å². The molecule has 15 heavy (non-hydrogen) atoms. The van der Waals surface area contributed by atoms with E-state index in [9.17, 15) is 0 Å². The Morgan fingerprint density at radius 1 is 1.60 bits per heavy atom. The zero-order chi connectivity index (χ0) is 11.1. The van der Waals surface area contributed by atoms with Crippen molar-refractivity contribution in [3.8, 4) is 0 Å². The first-order valence-corrected chi connectivity index (χ1v) is 6.69. The van der Waals surface area contributed by atoms with E-state index in [1.807, 2.05) is 11.8 Å². The molecular weight excluding hydrogens is 206 g/mol. The van der Waals surface area contributed by atoms with Gasteiger partial charge in [-0.25, -0.2) is 4.98 Å². The first-order valence-electron chi connectivity index (χ1n) is 5.54. The Bertz CT molecular complexity index is 273. The fourth-order valence-corrected chi connectivity index (χ4v) is 2.15. The summed E-state index contributed by atoms with van der Waals surface area (Å²) in [5.41, 5.74) is 2.29. The van der Waals surface area contributed by atoms with E-state index in [-0.39, 0.29) is 0 Å². The number of imidazole rings is 1. The van der Waals surface area contributed by atoms with E-state index in [0.29, 0.717) is 6.04 Å². The molecule has 0 aliphatic carbocycles. The molecular formula is C11H21N3S. The molecule has 86 valence electrons. The molecule has 0 aromatic carbocycles. The van der Waals surface area contributed by atoms with Crippen LogP contribution in [-0.2, 0) is 6.54 Å². The maximum absolute atomic E-state index is 4.26. The van der Waals surface area contributed by atoms with E-state index in [0.717, 1.165) is 17.9 Å². The van der Waals surface area contributed by atoms with Crippen LogP contribution in [0.5, 0.6) is 0 Å². The second kappa shape index (κ2) is 6.90. The maximum atomic E-state index is 4.26. The third-order valence-corrected chi connectivity index (χ3v) is 3.38. The minimum atomic E-state index is 0.570. The SMILES string of the molecule is CCSCCC(C)NCc1nc[nH]c1C. The highest BCUT2D eigenvalue weighted by Crippen LogP contribution is 2.05. The lowest BCUT2D eigenvalue weighted by Gasteiger charge is -2.12. The van der Waals surface area contributed by atoms with E-state index in [2.05, 4.69) is 36.1 Å². The molecule has 0 saturated carbocycles. The molecule has 1 rings (SSSR count). The number of rotatable bonds is 7. The number of nitrogens with one attached hydrogen (secondary N) is 2. The zero-order valence-electron chi connectivity index (χ0n) is 9.84. The van der Waals surface area contributed by atoms with Crippen molar-refractivity contribution < 1.29 is 0 Å². The van der Waals surface area contributed by atoms with E-state index >= 15 is 0 Å². The number of H-pyrrole nitrogens is 1. The first kappa shape index (κ1) is 12.6. The molecule has 0 aliphatic rings. The van der Waals surface area contributed by atoms with Gasteiger partial charge in [0.25, 0.3) is 0 Å². The Hall–Kier alpha value is -0.480. The van der Waals surface area contributed by atoms with Gasteiger partial charge in [-0.15, -0.1) is 0 Å². The van der Waals surface area contributed by atoms with Gasteiger partial charge >= 0.3 is 0 Å². The average Bonchev–Trinajstić information content (AvgIpc) is 2.61. The summed E-state index contributed by atoms with van der Waals surface area (Å²) in [5, 5.41) is 3.49. The monoisotopic (exact) mass is 227 g/mol. The molecule has 0 aliphatic heterocycles. The molecule has 0 fully saturated rings. The third kappa shape index (κ3) is 4.71. The molecule has 1 unspecified atom stereocenters. The van der Waals surface area contributed by atoms with E-state index < -0.39 is 0 Å². The maximum Gasteiger partial charge on any atom is 0.0925 e. The number of aromatic amines is 1. The summed E-state index contributed by atoms with van der Waals surface area (Å²) < 4.78 is 0. The molecule has 3 nitrogen and oxygen atoms in total. The zero-order valence-corrected chi connectivity index (χ0v) is 10.7. The van der Waals surface area contributed by atoms with Crippen LogP contribution in [0.15, 0.2) is 6.33 Å². The first-order chi connectivity index (χ1) is 7.24. The number of hydrogen-bond donors (Lipinski definition) is 2. The lowest BCUT2D eigenvalue weighted by atomic mass is 10.2. The number of aryl methyl sites for hydroxylation is 1. The fraction of sp³-hybridized carbons (Fsp3) is 0.727. The Morgan fingerprint density at radius 2 is 2.40 bits per heavy atom. The van der Waals surface area contributed by atoms with Crippen LogP contribution < -0.4 is 5.32 Å². The molecule has 1 aromatic rings. The predicted octanol–water partition coefficient (Wildman–Crippen LogP) is 2.34. The summed E-state index contributed by atoms with van der Waals surface area (Å²) in [7, 11) is 0. The van der Waals surface area contributed by atoms with Crippen molar-refractivity contribution in [1.82, 2.24) is 15.3 Å². The van der Waals surface area contributed by atoms with Gasteiger partial charge in [-0.3, -0.25) is 0 Å². The number of hydrogen-bond acceptors (Lipinski definition) is 3. The molecule has 0 spiro atoms. The van der Waals surface area contributed by atoms with E-state index in [1.165, 1.54) is 17.9 Å². The van der Waals surface area contributed by atoms with Crippen LogP contribution in [0.3, 0.4) is 0 Å². The summed E-state index contributed by atoms with van der Waals surface area (Å²) in [4.78, 5) is 7.35. The summed E-state index contributed by atoms with van der Waals surface area (Å²) in [5.74, 6) is 2.45. The molecule has 0 radical (unpaired) electrons. The van der Waals surface area contributed by atoms with Crippen molar-refractivity contribution in [2.24, 2.45) is 0 Å². The standard InChI is InChI=1S/C11H21N3S/c1-4-15-6-5-9(2)12-7-11-10(3)13-8-14-11/h8-9,12H,4-7H2,1-3H3,(H,13,14). The smallest absolute Gasteiger partial charge is 0.0925 e. The fourth-order valence-electron chi connectivity index (χ4n) is 1.34. The predicted molar refractivity (Wildman–Crippen MR) is 67.2 cm³/mol. The topological polar surface area (TPSA) is 40.7 Å². The Kier molecular flexibility index (Phi) is 5.79. The number of thioether (sulfide) groups is 1. The van der Waals surface area contributed by atoms with Crippen molar-refractivity contribution in [1.29, 1.82) is 0 Å². The van der Waals surface area contributed by atoms with Crippen molar-refractivity contribution in [2.75, 3.05) is 11.5 Å². The highest BCUT2D eigenvalue weighted by molar-refractivity contribution is 7.99. The van der Waals surface area contributed by atoms with E-state index in [1.54, 1.807) is 6.33 Å². The van der Waals surface area contributed by atoms with Gasteiger partial charge in [0.05, 0.1) is 12.0 Å². The normalized spacial score (nSPS) is 13.0. The highest BCUT2D eigenvalue weighted by atomic mass is 32.2. The van der Waals surface area contributed by atoms with Gasteiger partial charge in [0.15, 0.2) is 0 Å². The largest absolute Gasteiger partial charge is 0.348 e. The van der Waals surface area contributed by atoms with Gasteiger partial charge in [0.2, 0.25) is 0 Å². The molecule has 2 N–H and O–H groups in total. The van der Waals surface area contributed by atoms with Crippen molar-refractivity contribution in [3.05, 3.63) is 17.7 Å². The third-order valence-electron chi connectivity index (χ3n) is 2.45. The van der Waals surface area contributed by atoms with Gasteiger partial charge in [-0.05, 0) is 31.8 Å². The van der Waals surface area contributed by atoms with Gasteiger partial charge in [0.1, 0.15) is 0 Å². The Balaban J connectivity index is 2.16. The van der Waals surface area contributed by atoms with Crippen LogP contribution in [0.1, 0.15) is 31.7 Å². The molecule has 1 atom stereocenters. The quantitative estimate of drug-likeness (QED) is 0.702. The van der Waals surface area contributed by atoms with Gasteiger partial charge < -0.3 is 10.3 Å². The summed E-state index contributed by atoms with van der Waals surface area (Å²) in [6.45, 7) is 7.36. The molecule has 1 aromatic heterocycles. The number of nitrogens with zero attached hydrogens (tertiary/aromatic N) is 1. The minimum Gasteiger partial charge on any atom is -0.348 e. The van der Waals surface area contributed by atoms with Gasteiger partial charge in [-0.1, -0.05) is 6.92 Å². The van der Waals surface area contributed by atoms with Crippen LogP contribution in [-0.4, -0.2) is 27.5 Å². The second-order valence-corrected chi connectivity index (χ2v) is 5.14. The molecule has 1 heterocycles. The van der Waals surface area contributed by atoms with Crippen LogP contribution >= 0.6 is 11.8 Å². The average molecular weight is 227 g/mol. The molecule has 0 saturated heterocycles. The van der Waals surface area contributed by atoms with Gasteiger partial charge in [-0.2, -0.15) is 11.8 Å². The van der Waals surface area contributed by atoms with E-state index in [4.69, 9.17) is 0 Å². The van der Waals surface area contributed by atoms with Gasteiger partial charge in [0, 0.05) is 18.3 Å². The molecule has 4 heteroatoms. The van der Waals surface area contributed by atoms with Crippen molar-refractivity contribution >= 4 is 11.8 Å². The van der Waals surface area contributed by atoms with Crippen LogP contribution in [0.4, 0.5) is 0 Å². The number of aromatic nitrogens is 2. The lowest BCUT2D eigenvalue weighted by molar-refractivity contribution is 0.532.